The average molecular weight is 418 g/mol. The van der Waals surface area contributed by atoms with Gasteiger partial charge in [-0.1, -0.05) is 0 Å². The van der Waals surface area contributed by atoms with Gasteiger partial charge in [0.15, 0.2) is 0 Å². The number of rotatable bonds is 7. The van der Waals surface area contributed by atoms with Gasteiger partial charge in [-0.15, -0.1) is 0 Å². The number of β-amino-alcohol motifs (C(OH)–C–C–N with tert-alkyl or cyclic N) is 1. The highest BCUT2D eigenvalue weighted by molar-refractivity contribution is 6.03. The minimum atomic E-state index is -1.09. The van der Waals surface area contributed by atoms with E-state index >= 15 is 0 Å². The van der Waals surface area contributed by atoms with Crippen molar-refractivity contribution in [1.29, 1.82) is 0 Å². The molecule has 2 unspecified atom stereocenters. The van der Waals surface area contributed by atoms with Crippen LogP contribution in [0.2, 0.25) is 0 Å². The number of carbonyl (C=O) groups excluding carboxylic acids is 3. The molecule has 30 heavy (non-hydrogen) atoms. The van der Waals surface area contributed by atoms with Crippen LogP contribution in [0, 0.1) is 11.8 Å². The molecular formula is C21H26N2O7. The molecule has 3 aliphatic heterocycles. The van der Waals surface area contributed by atoms with E-state index in [-0.39, 0.29) is 25.7 Å². The molecule has 9 heteroatoms. The minimum Gasteiger partial charge on any atom is -0.497 e. The zero-order chi connectivity index (χ0) is 21.5. The van der Waals surface area contributed by atoms with Crippen molar-refractivity contribution < 1.29 is 33.7 Å². The Bertz CT molecular complexity index is 842. The predicted octanol–water partition coefficient (Wildman–Crippen LogP) is 0.564. The maximum atomic E-state index is 13.3. The molecule has 9 nitrogen and oxygen atoms in total. The number of nitrogens with zero attached hydrogens (tertiary/aromatic N) is 1. The quantitative estimate of drug-likeness (QED) is 0.622. The van der Waals surface area contributed by atoms with Crippen LogP contribution in [-0.4, -0.2) is 72.4 Å². The van der Waals surface area contributed by atoms with E-state index in [2.05, 4.69) is 5.32 Å². The molecule has 3 saturated heterocycles. The molecule has 1 aromatic carbocycles. The van der Waals surface area contributed by atoms with Gasteiger partial charge in [0, 0.05) is 12.2 Å². The van der Waals surface area contributed by atoms with E-state index in [1.54, 1.807) is 38.3 Å². The van der Waals surface area contributed by atoms with Crippen molar-refractivity contribution in [1.82, 2.24) is 4.90 Å². The third kappa shape index (κ3) is 3.04. The molecule has 0 saturated carbocycles. The number of ether oxygens (including phenoxy) is 3. The number of carbonyl (C=O) groups is 3. The summed E-state index contributed by atoms with van der Waals surface area (Å²) in [4.78, 5) is 40.5. The molecule has 3 aliphatic rings. The van der Waals surface area contributed by atoms with Gasteiger partial charge in [-0.3, -0.25) is 14.4 Å². The number of likely N-dealkylation sites (tertiary alicyclic amines) is 1. The van der Waals surface area contributed by atoms with Crippen molar-refractivity contribution in [3.63, 3.8) is 0 Å². The summed E-state index contributed by atoms with van der Waals surface area (Å²) < 4.78 is 16.5. The Hall–Kier alpha value is -2.65. The summed E-state index contributed by atoms with van der Waals surface area (Å²) in [6.07, 6.45) is 0.629. The van der Waals surface area contributed by atoms with Gasteiger partial charge >= 0.3 is 5.97 Å². The predicted molar refractivity (Wildman–Crippen MR) is 105 cm³/mol. The molecule has 0 radical (unpaired) electrons. The lowest BCUT2D eigenvalue weighted by atomic mass is 9.71. The Morgan fingerprint density at radius 3 is 2.70 bits per heavy atom. The Morgan fingerprint density at radius 1 is 1.33 bits per heavy atom. The summed E-state index contributed by atoms with van der Waals surface area (Å²) in [7, 11) is 1.55. The second kappa shape index (κ2) is 7.88. The van der Waals surface area contributed by atoms with Crippen LogP contribution in [-0.2, 0) is 23.9 Å². The molecule has 2 N–H and O–H groups in total. The zero-order valence-electron chi connectivity index (χ0n) is 17.0. The van der Waals surface area contributed by atoms with Crippen LogP contribution in [0.3, 0.4) is 0 Å². The number of hydrogen-bond donors (Lipinski definition) is 2. The van der Waals surface area contributed by atoms with Crippen LogP contribution < -0.4 is 10.1 Å². The largest absolute Gasteiger partial charge is 0.497 e. The molecule has 162 valence electrons. The third-order valence-electron chi connectivity index (χ3n) is 6.31. The molecule has 1 spiro atoms. The SMILES string of the molecule is CCOC(=O)[C@@H]1[C@H]2C(=O)N(CCO)C(C(=O)Nc3ccc(OC)cc3)C23CC[C@H]1O3. The monoisotopic (exact) mass is 418 g/mol. The Labute approximate surface area is 174 Å². The van der Waals surface area contributed by atoms with Crippen LogP contribution in [0.4, 0.5) is 5.69 Å². The number of aliphatic hydroxyl groups is 1. The van der Waals surface area contributed by atoms with Crippen LogP contribution in [0.15, 0.2) is 24.3 Å². The Balaban J connectivity index is 1.64. The van der Waals surface area contributed by atoms with Crippen molar-refractivity contribution in [3.05, 3.63) is 24.3 Å². The number of anilines is 1. The number of benzene rings is 1. The first-order valence-electron chi connectivity index (χ1n) is 10.2. The molecule has 5 atom stereocenters. The van der Waals surface area contributed by atoms with Gasteiger partial charge in [-0.25, -0.2) is 0 Å². The van der Waals surface area contributed by atoms with Crippen LogP contribution in [0.1, 0.15) is 19.8 Å². The first kappa shape index (κ1) is 20.6. The number of methoxy groups -OCH3 is 1. The Kier molecular flexibility index (Phi) is 5.42. The Morgan fingerprint density at radius 2 is 2.07 bits per heavy atom. The van der Waals surface area contributed by atoms with Crippen molar-refractivity contribution >= 4 is 23.5 Å². The van der Waals surface area contributed by atoms with Gasteiger partial charge in [0.25, 0.3) is 0 Å². The number of fused-ring (bicyclic) bond motifs is 1. The van der Waals surface area contributed by atoms with Gasteiger partial charge in [0.05, 0.1) is 38.3 Å². The van der Waals surface area contributed by atoms with E-state index in [0.717, 1.165) is 0 Å². The summed E-state index contributed by atoms with van der Waals surface area (Å²) >= 11 is 0. The van der Waals surface area contributed by atoms with E-state index in [1.165, 1.54) is 4.90 Å². The van der Waals surface area contributed by atoms with Gasteiger partial charge in [-0.05, 0) is 44.0 Å². The second-order valence-electron chi connectivity index (χ2n) is 7.78. The van der Waals surface area contributed by atoms with Crippen LogP contribution in [0.25, 0.3) is 0 Å². The van der Waals surface area contributed by atoms with Crippen molar-refractivity contribution in [2.75, 3.05) is 32.2 Å². The summed E-state index contributed by atoms with van der Waals surface area (Å²) in [6.45, 7) is 1.61. The van der Waals surface area contributed by atoms with Gasteiger partial charge in [0.1, 0.15) is 17.4 Å². The van der Waals surface area contributed by atoms with E-state index in [4.69, 9.17) is 14.2 Å². The number of esters is 1. The molecular weight excluding hydrogens is 392 g/mol. The van der Waals surface area contributed by atoms with Crippen molar-refractivity contribution in [2.24, 2.45) is 11.8 Å². The fourth-order valence-electron chi connectivity index (χ4n) is 5.19. The highest BCUT2D eigenvalue weighted by atomic mass is 16.6. The minimum absolute atomic E-state index is 0.0125. The lowest BCUT2D eigenvalue weighted by Crippen LogP contribution is -2.53. The van der Waals surface area contributed by atoms with E-state index in [1.807, 2.05) is 0 Å². The highest BCUT2D eigenvalue weighted by Crippen LogP contribution is 2.58. The first-order chi connectivity index (χ1) is 14.5. The lowest BCUT2D eigenvalue weighted by molar-refractivity contribution is -0.154. The first-order valence-corrected chi connectivity index (χ1v) is 10.2. The van der Waals surface area contributed by atoms with Crippen LogP contribution >= 0.6 is 0 Å². The number of nitrogens with one attached hydrogen (secondary N) is 1. The molecule has 0 aliphatic carbocycles. The summed E-state index contributed by atoms with van der Waals surface area (Å²) in [6, 6.07) is 5.90. The van der Waals surface area contributed by atoms with Crippen LogP contribution in [0.5, 0.6) is 5.75 Å². The molecule has 2 amide bonds. The number of amides is 2. The number of aliphatic hydroxyl groups excluding tert-OH is 1. The summed E-state index contributed by atoms with van der Waals surface area (Å²) in [5.41, 5.74) is -0.545. The molecule has 3 heterocycles. The molecule has 2 bridgehead atoms. The molecule has 1 aromatic rings. The van der Waals surface area contributed by atoms with Gasteiger partial charge in [0.2, 0.25) is 11.8 Å². The average Bonchev–Trinajstić information content (AvgIpc) is 3.37. The summed E-state index contributed by atoms with van der Waals surface area (Å²) in [5, 5.41) is 12.3. The fraction of sp³-hybridized carbons (Fsp3) is 0.571. The van der Waals surface area contributed by atoms with E-state index in [0.29, 0.717) is 24.3 Å². The third-order valence-corrected chi connectivity index (χ3v) is 6.31. The second-order valence-corrected chi connectivity index (χ2v) is 7.78. The summed E-state index contributed by atoms with van der Waals surface area (Å²) in [5.74, 6) is -2.09. The van der Waals surface area contributed by atoms with Gasteiger partial charge in [-0.2, -0.15) is 0 Å². The normalized spacial score (nSPS) is 31.6. The van der Waals surface area contributed by atoms with Crippen molar-refractivity contribution in [2.45, 2.75) is 37.5 Å². The highest BCUT2D eigenvalue weighted by Gasteiger charge is 2.74. The smallest absolute Gasteiger partial charge is 0.312 e. The maximum Gasteiger partial charge on any atom is 0.312 e. The molecule has 3 fully saturated rings. The standard InChI is InChI=1S/C21H26N2O7/c1-3-29-20(27)15-14-8-9-21(30-14)16(15)19(26)23(10-11-24)17(21)18(25)22-12-4-6-13(28-2)7-5-12/h4-7,14-17,24H,3,8-11H2,1-2H3,(H,22,25)/t14-,15+,16+,17?,21?/m1/s1. The van der Waals surface area contributed by atoms with Crippen molar-refractivity contribution in [3.8, 4) is 5.75 Å². The molecule has 4 rings (SSSR count). The lowest BCUT2D eigenvalue weighted by Gasteiger charge is -2.33. The molecule has 0 aromatic heterocycles. The maximum absolute atomic E-state index is 13.3. The topological polar surface area (TPSA) is 114 Å². The van der Waals surface area contributed by atoms with Gasteiger partial charge < -0.3 is 29.5 Å². The number of hydrogen-bond acceptors (Lipinski definition) is 7. The van der Waals surface area contributed by atoms with E-state index in [9.17, 15) is 19.5 Å². The van der Waals surface area contributed by atoms with E-state index < -0.39 is 41.5 Å². The fourth-order valence-corrected chi connectivity index (χ4v) is 5.19. The zero-order valence-corrected chi connectivity index (χ0v) is 17.0.